The summed E-state index contributed by atoms with van der Waals surface area (Å²) in [4.78, 5) is 0. The molecule has 0 bridgehead atoms. The molecule has 0 spiro atoms. The van der Waals surface area contributed by atoms with Gasteiger partial charge in [0.25, 0.3) is 0 Å². The second-order valence-electron chi connectivity index (χ2n) is 5.70. The van der Waals surface area contributed by atoms with Crippen molar-refractivity contribution in [2.75, 3.05) is 0 Å². The van der Waals surface area contributed by atoms with Gasteiger partial charge in [-0.05, 0) is 48.5 Å². The highest BCUT2D eigenvalue weighted by atomic mass is 35.5. The van der Waals surface area contributed by atoms with Gasteiger partial charge in [0.1, 0.15) is 12.4 Å². The number of nitrogens with zero attached hydrogens (tertiary/aromatic N) is 3. The number of rotatable bonds is 7. The molecule has 2 aromatic carbocycles. The van der Waals surface area contributed by atoms with Crippen LogP contribution in [0.25, 0.3) is 0 Å². The fraction of sp³-hybridized carbons (Fsp3) is 0.211. The first-order chi connectivity index (χ1) is 12.7. The normalized spacial score (nSPS) is 11.2. The van der Waals surface area contributed by atoms with Crippen LogP contribution < -0.4 is 4.74 Å². The number of aromatic amines is 1. The summed E-state index contributed by atoms with van der Waals surface area (Å²) in [5, 5.41) is 12.2. The van der Waals surface area contributed by atoms with E-state index in [1.807, 2.05) is 48.5 Å². The molecule has 0 saturated heterocycles. The SMILES string of the molecule is CCCc1n[nH]c(=S)n1/N=C/c1ccccc1OCc1ccc(Cl)cc1. The van der Waals surface area contributed by atoms with Crippen LogP contribution in [0.2, 0.25) is 5.02 Å². The third kappa shape index (κ3) is 4.59. The summed E-state index contributed by atoms with van der Waals surface area (Å²) < 4.78 is 8.07. The Morgan fingerprint density at radius 2 is 2.00 bits per heavy atom. The molecule has 0 radical (unpaired) electrons. The average molecular weight is 387 g/mol. The highest BCUT2D eigenvalue weighted by Gasteiger charge is 2.05. The maximum Gasteiger partial charge on any atom is 0.216 e. The number of aryl methyl sites for hydroxylation is 1. The van der Waals surface area contributed by atoms with Crippen molar-refractivity contribution in [2.24, 2.45) is 5.10 Å². The number of H-pyrrole nitrogens is 1. The number of benzene rings is 2. The Hall–Kier alpha value is -2.44. The summed E-state index contributed by atoms with van der Waals surface area (Å²) in [6, 6.07) is 15.3. The first-order valence-corrected chi connectivity index (χ1v) is 9.13. The van der Waals surface area contributed by atoms with Crippen LogP contribution in [0, 0.1) is 4.77 Å². The van der Waals surface area contributed by atoms with Crippen molar-refractivity contribution in [1.29, 1.82) is 0 Å². The zero-order valence-corrected chi connectivity index (χ0v) is 15.9. The van der Waals surface area contributed by atoms with Crippen molar-refractivity contribution in [2.45, 2.75) is 26.4 Å². The molecule has 1 aromatic heterocycles. The largest absolute Gasteiger partial charge is 0.488 e. The van der Waals surface area contributed by atoms with E-state index in [4.69, 9.17) is 28.6 Å². The fourth-order valence-corrected chi connectivity index (χ4v) is 2.73. The first kappa shape index (κ1) is 18.4. The summed E-state index contributed by atoms with van der Waals surface area (Å²) >= 11 is 11.2. The molecule has 7 heteroatoms. The van der Waals surface area contributed by atoms with Crippen molar-refractivity contribution in [3.8, 4) is 5.75 Å². The number of para-hydroxylation sites is 1. The Morgan fingerprint density at radius 1 is 1.23 bits per heavy atom. The van der Waals surface area contributed by atoms with Gasteiger partial charge in [0.05, 0.1) is 6.21 Å². The van der Waals surface area contributed by atoms with E-state index in [0.717, 1.165) is 35.5 Å². The van der Waals surface area contributed by atoms with Crippen LogP contribution in [0.15, 0.2) is 53.6 Å². The standard InChI is InChI=1S/C19H19ClN4OS/c1-2-5-18-22-23-19(26)24(18)21-12-15-6-3-4-7-17(15)25-13-14-8-10-16(20)11-9-14/h3-4,6-12H,2,5,13H2,1H3,(H,23,26)/b21-12+. The van der Waals surface area contributed by atoms with E-state index in [-0.39, 0.29) is 0 Å². The van der Waals surface area contributed by atoms with Gasteiger partial charge in [-0.25, -0.2) is 0 Å². The minimum atomic E-state index is 0.453. The highest BCUT2D eigenvalue weighted by Crippen LogP contribution is 2.18. The molecule has 0 aliphatic rings. The molecule has 134 valence electrons. The van der Waals surface area contributed by atoms with E-state index < -0.39 is 0 Å². The van der Waals surface area contributed by atoms with Crippen molar-refractivity contribution in [3.05, 3.63) is 75.3 Å². The van der Waals surface area contributed by atoms with Gasteiger partial charge in [0.15, 0.2) is 5.82 Å². The van der Waals surface area contributed by atoms with Gasteiger partial charge >= 0.3 is 0 Å². The maximum atomic E-state index is 5.95. The van der Waals surface area contributed by atoms with Crippen molar-refractivity contribution >= 4 is 30.0 Å². The number of ether oxygens (including phenoxy) is 1. The molecule has 0 aliphatic heterocycles. The highest BCUT2D eigenvalue weighted by molar-refractivity contribution is 7.71. The molecule has 0 unspecified atom stereocenters. The molecule has 0 aliphatic carbocycles. The zero-order valence-electron chi connectivity index (χ0n) is 14.4. The molecule has 0 amide bonds. The van der Waals surface area contributed by atoms with Crippen LogP contribution in [0.1, 0.15) is 30.3 Å². The second kappa shape index (κ2) is 8.78. The Morgan fingerprint density at radius 3 is 2.77 bits per heavy atom. The quantitative estimate of drug-likeness (QED) is 0.458. The van der Waals surface area contributed by atoms with Crippen LogP contribution >= 0.6 is 23.8 Å². The molecule has 3 aromatic rings. The Bertz CT molecular complexity index is 947. The molecular weight excluding hydrogens is 368 g/mol. The van der Waals surface area contributed by atoms with Crippen LogP contribution in [-0.2, 0) is 13.0 Å². The summed E-state index contributed by atoms with van der Waals surface area (Å²) in [6.07, 6.45) is 3.51. The molecule has 0 atom stereocenters. The topological polar surface area (TPSA) is 55.2 Å². The van der Waals surface area contributed by atoms with Gasteiger partial charge in [-0.3, -0.25) is 5.10 Å². The van der Waals surface area contributed by atoms with Crippen molar-refractivity contribution < 1.29 is 4.74 Å². The minimum absolute atomic E-state index is 0.453. The van der Waals surface area contributed by atoms with Gasteiger partial charge < -0.3 is 4.74 Å². The Kier molecular flexibility index (Phi) is 6.20. The maximum absolute atomic E-state index is 5.95. The van der Waals surface area contributed by atoms with E-state index in [2.05, 4.69) is 22.2 Å². The Balaban J connectivity index is 1.78. The van der Waals surface area contributed by atoms with Crippen LogP contribution in [-0.4, -0.2) is 21.1 Å². The van der Waals surface area contributed by atoms with Gasteiger partial charge in [0, 0.05) is 17.0 Å². The zero-order chi connectivity index (χ0) is 18.4. The van der Waals surface area contributed by atoms with Crippen molar-refractivity contribution in [1.82, 2.24) is 14.9 Å². The molecular formula is C19H19ClN4OS. The number of aromatic nitrogens is 3. The Labute approximate surface area is 162 Å². The average Bonchev–Trinajstić information content (AvgIpc) is 3.00. The third-order valence-electron chi connectivity index (χ3n) is 3.73. The van der Waals surface area contributed by atoms with Gasteiger partial charge in [0.2, 0.25) is 4.77 Å². The number of nitrogens with one attached hydrogen (secondary N) is 1. The van der Waals surface area contributed by atoms with E-state index >= 15 is 0 Å². The van der Waals surface area contributed by atoms with E-state index in [1.54, 1.807) is 10.9 Å². The lowest BCUT2D eigenvalue weighted by molar-refractivity contribution is 0.306. The third-order valence-corrected chi connectivity index (χ3v) is 4.25. The molecule has 26 heavy (non-hydrogen) atoms. The lowest BCUT2D eigenvalue weighted by Crippen LogP contribution is -2.01. The molecule has 1 N–H and O–H groups in total. The molecule has 0 saturated carbocycles. The fourth-order valence-electron chi connectivity index (χ4n) is 2.41. The van der Waals surface area contributed by atoms with Gasteiger partial charge in [-0.2, -0.15) is 14.9 Å². The molecule has 3 rings (SSSR count). The van der Waals surface area contributed by atoms with Crippen molar-refractivity contribution in [3.63, 3.8) is 0 Å². The second-order valence-corrected chi connectivity index (χ2v) is 6.53. The molecule has 5 nitrogen and oxygen atoms in total. The minimum Gasteiger partial charge on any atom is -0.488 e. The molecule has 1 heterocycles. The van der Waals surface area contributed by atoms with Crippen LogP contribution in [0.4, 0.5) is 0 Å². The summed E-state index contributed by atoms with van der Waals surface area (Å²) in [5.74, 6) is 1.56. The summed E-state index contributed by atoms with van der Waals surface area (Å²) in [6.45, 7) is 2.54. The van der Waals surface area contributed by atoms with Crippen LogP contribution in [0.5, 0.6) is 5.75 Å². The monoisotopic (exact) mass is 386 g/mol. The van der Waals surface area contributed by atoms with E-state index in [9.17, 15) is 0 Å². The first-order valence-electron chi connectivity index (χ1n) is 8.34. The lowest BCUT2D eigenvalue weighted by atomic mass is 10.2. The summed E-state index contributed by atoms with van der Waals surface area (Å²) in [7, 11) is 0. The smallest absolute Gasteiger partial charge is 0.216 e. The molecule has 0 fully saturated rings. The number of hydrogen-bond acceptors (Lipinski definition) is 4. The number of hydrogen-bond donors (Lipinski definition) is 1. The van der Waals surface area contributed by atoms with Crippen LogP contribution in [0.3, 0.4) is 0 Å². The van der Waals surface area contributed by atoms with E-state index in [0.29, 0.717) is 16.4 Å². The van der Waals surface area contributed by atoms with E-state index in [1.165, 1.54) is 0 Å². The summed E-state index contributed by atoms with van der Waals surface area (Å²) in [5.41, 5.74) is 1.91. The van der Waals surface area contributed by atoms with Gasteiger partial charge in [-0.1, -0.05) is 42.8 Å². The predicted molar refractivity (Wildman–Crippen MR) is 107 cm³/mol. The predicted octanol–water partition coefficient (Wildman–Crippen LogP) is 5.01. The van der Waals surface area contributed by atoms with Gasteiger partial charge in [-0.15, -0.1) is 0 Å². The number of halogens is 1. The lowest BCUT2D eigenvalue weighted by Gasteiger charge is -2.09.